The van der Waals surface area contributed by atoms with Crippen molar-refractivity contribution < 1.29 is 27.4 Å². The van der Waals surface area contributed by atoms with Gasteiger partial charge in [-0.3, -0.25) is 10.6 Å². The number of benzene rings is 2. The monoisotopic (exact) mass is 395 g/mol. The Morgan fingerprint density at radius 3 is 2.37 bits per heavy atom. The number of amides is 2. The second kappa shape index (κ2) is 6.02. The number of aryl methyl sites for hydroxylation is 1. The summed E-state index contributed by atoms with van der Waals surface area (Å²) in [5.41, 5.74) is 1.56. The molecule has 2 N–H and O–H groups in total. The van der Waals surface area contributed by atoms with Crippen LogP contribution in [0.3, 0.4) is 0 Å². The van der Waals surface area contributed by atoms with Gasteiger partial charge in [0, 0.05) is 0 Å². The lowest BCUT2D eigenvalue weighted by atomic mass is 10.2. The molecule has 0 atom stereocenters. The number of aromatic nitrogens is 1. The van der Waals surface area contributed by atoms with Gasteiger partial charge in [0.25, 0.3) is 0 Å². The van der Waals surface area contributed by atoms with Gasteiger partial charge in [-0.2, -0.15) is 13.2 Å². The molecule has 140 valence electrons. The number of urea groups is 1. The molecule has 6 nitrogen and oxygen atoms in total. The molecule has 2 amide bonds. The Labute approximate surface area is 154 Å². The van der Waals surface area contributed by atoms with Crippen LogP contribution in [0.5, 0.6) is 11.5 Å². The third-order valence-electron chi connectivity index (χ3n) is 3.85. The second-order valence-electron chi connectivity index (χ2n) is 5.78. The summed E-state index contributed by atoms with van der Waals surface area (Å²) in [5.74, 6) is -3.55. The first kappa shape index (κ1) is 17.4. The molecule has 0 unspecified atom stereocenters. The average Bonchev–Trinajstić information content (AvgIpc) is 3.16. The number of anilines is 1. The Hall–Kier alpha value is -3.01. The molecule has 0 aliphatic carbocycles. The number of thiazole rings is 1. The molecule has 3 aromatic rings. The molecule has 4 rings (SSSR count). The molecule has 0 bridgehead atoms. The Morgan fingerprint density at radius 1 is 1.11 bits per heavy atom. The minimum Gasteiger partial charge on any atom is -0.424 e. The van der Waals surface area contributed by atoms with Crippen molar-refractivity contribution >= 4 is 32.7 Å². The molecule has 1 aliphatic heterocycles. The Morgan fingerprint density at radius 2 is 1.78 bits per heavy atom. The zero-order valence-electron chi connectivity index (χ0n) is 13.8. The van der Waals surface area contributed by atoms with Crippen molar-refractivity contribution in [1.29, 1.82) is 0 Å². The molecular formula is C17H12F3N3O3S. The minimum absolute atomic E-state index is 0.120. The van der Waals surface area contributed by atoms with Crippen LogP contribution in [0.2, 0.25) is 0 Å². The number of rotatable bonds is 2. The van der Waals surface area contributed by atoms with Crippen molar-refractivity contribution in [2.45, 2.75) is 19.0 Å². The smallest absolute Gasteiger partial charge is 0.424 e. The van der Waals surface area contributed by atoms with E-state index in [2.05, 4.69) is 10.3 Å². The average molecular weight is 395 g/mol. The maximum atomic E-state index is 13.6. The molecule has 10 heteroatoms. The standard InChI is InChI=1S/C17H12F3N3O3S/c1-9-5-4-8-12-13(9)21-15(27-12)22-14(24)23-17(16(18,19)20)25-10-6-2-3-7-11(10)26-17/h2-8H,1H3,(H2,21,22,23,24). The number of carbonyl (C=O) groups excluding carboxylic acids is 1. The minimum atomic E-state index is -5.02. The van der Waals surface area contributed by atoms with E-state index in [9.17, 15) is 18.0 Å². The van der Waals surface area contributed by atoms with Crippen molar-refractivity contribution in [3.63, 3.8) is 0 Å². The first-order chi connectivity index (χ1) is 12.8. The number of nitrogens with zero attached hydrogens (tertiary/aromatic N) is 1. The Bertz CT molecular complexity index is 1010. The Kier molecular flexibility index (Phi) is 3.88. The topological polar surface area (TPSA) is 72.5 Å². The number of para-hydroxylation sites is 3. The van der Waals surface area contributed by atoms with E-state index in [1.807, 2.05) is 19.1 Å². The van der Waals surface area contributed by atoms with Gasteiger partial charge in [0.15, 0.2) is 16.6 Å². The zero-order valence-corrected chi connectivity index (χ0v) is 14.6. The summed E-state index contributed by atoms with van der Waals surface area (Å²) in [5, 5.41) is 4.20. The van der Waals surface area contributed by atoms with Gasteiger partial charge < -0.3 is 9.47 Å². The highest BCUT2D eigenvalue weighted by atomic mass is 32.1. The van der Waals surface area contributed by atoms with Crippen LogP contribution in [0.4, 0.5) is 23.1 Å². The quantitative estimate of drug-likeness (QED) is 0.674. The number of fused-ring (bicyclic) bond motifs is 2. The number of nitrogens with one attached hydrogen (secondary N) is 2. The lowest BCUT2D eigenvalue weighted by molar-refractivity contribution is -0.317. The summed E-state index contributed by atoms with van der Waals surface area (Å²) < 4.78 is 51.4. The predicted molar refractivity (Wildman–Crippen MR) is 93.0 cm³/mol. The molecule has 0 saturated carbocycles. The lowest BCUT2D eigenvalue weighted by Crippen LogP contribution is -2.65. The van der Waals surface area contributed by atoms with Crippen molar-refractivity contribution in [3.05, 3.63) is 48.0 Å². The molecule has 2 heterocycles. The first-order valence-corrected chi connectivity index (χ1v) is 8.58. The van der Waals surface area contributed by atoms with E-state index >= 15 is 0 Å². The SMILES string of the molecule is Cc1cccc2sc(NC(=O)NC3(C(F)(F)F)Oc4ccccc4O3)nc12. The third kappa shape index (κ3) is 3.01. The number of alkyl halides is 3. The van der Waals surface area contributed by atoms with Gasteiger partial charge in [0.2, 0.25) is 0 Å². The van der Waals surface area contributed by atoms with Crippen LogP contribution in [-0.2, 0) is 0 Å². The van der Waals surface area contributed by atoms with Crippen LogP contribution in [0, 0.1) is 6.92 Å². The van der Waals surface area contributed by atoms with Gasteiger partial charge in [0.1, 0.15) is 0 Å². The van der Waals surface area contributed by atoms with Gasteiger partial charge in [-0.15, -0.1) is 0 Å². The predicted octanol–water partition coefficient (Wildman–Crippen LogP) is 4.41. The normalized spacial score (nSPS) is 15.0. The van der Waals surface area contributed by atoms with Crippen LogP contribution >= 0.6 is 11.3 Å². The van der Waals surface area contributed by atoms with E-state index in [0.717, 1.165) is 21.6 Å². The van der Waals surface area contributed by atoms with Crippen molar-refractivity contribution in [2.75, 3.05) is 5.32 Å². The fourth-order valence-corrected chi connectivity index (χ4v) is 3.54. The second-order valence-corrected chi connectivity index (χ2v) is 6.82. The maximum Gasteiger partial charge on any atom is 0.492 e. The van der Waals surface area contributed by atoms with Gasteiger partial charge in [-0.25, -0.2) is 9.78 Å². The van der Waals surface area contributed by atoms with Crippen LogP contribution in [0.15, 0.2) is 42.5 Å². The number of ether oxygens (including phenoxy) is 2. The molecule has 0 spiro atoms. The fourth-order valence-electron chi connectivity index (χ4n) is 2.60. The highest BCUT2D eigenvalue weighted by Gasteiger charge is 2.65. The van der Waals surface area contributed by atoms with Gasteiger partial charge in [-0.05, 0) is 30.7 Å². The van der Waals surface area contributed by atoms with E-state index in [1.54, 1.807) is 11.4 Å². The first-order valence-electron chi connectivity index (χ1n) is 7.76. The van der Waals surface area contributed by atoms with Crippen molar-refractivity contribution in [2.24, 2.45) is 0 Å². The molecule has 2 aromatic carbocycles. The number of hydrogen-bond acceptors (Lipinski definition) is 5. The number of carbonyl (C=O) groups is 1. The van der Waals surface area contributed by atoms with Crippen molar-refractivity contribution in [1.82, 2.24) is 10.3 Å². The highest BCUT2D eigenvalue weighted by molar-refractivity contribution is 7.22. The maximum absolute atomic E-state index is 13.6. The van der Waals surface area contributed by atoms with E-state index in [4.69, 9.17) is 9.47 Å². The molecule has 27 heavy (non-hydrogen) atoms. The van der Waals surface area contributed by atoms with Crippen LogP contribution < -0.4 is 20.1 Å². The summed E-state index contributed by atoms with van der Waals surface area (Å²) in [4.78, 5) is 16.5. The molecule has 0 radical (unpaired) electrons. The zero-order chi connectivity index (χ0) is 19.2. The summed E-state index contributed by atoms with van der Waals surface area (Å²) in [6, 6.07) is 9.96. The third-order valence-corrected chi connectivity index (χ3v) is 4.79. The molecular weight excluding hydrogens is 383 g/mol. The largest absolute Gasteiger partial charge is 0.492 e. The van der Waals surface area contributed by atoms with Gasteiger partial charge in [0.05, 0.1) is 10.2 Å². The van der Waals surface area contributed by atoms with Crippen LogP contribution in [0.25, 0.3) is 10.2 Å². The number of halogens is 3. The van der Waals surface area contributed by atoms with Crippen LogP contribution in [0.1, 0.15) is 5.56 Å². The molecule has 1 aliphatic rings. The summed E-state index contributed by atoms with van der Waals surface area (Å²) in [7, 11) is 0. The lowest BCUT2D eigenvalue weighted by Gasteiger charge is -2.29. The van der Waals surface area contributed by atoms with Gasteiger partial charge >= 0.3 is 18.1 Å². The molecule has 1 aromatic heterocycles. The Balaban J connectivity index is 1.57. The highest BCUT2D eigenvalue weighted by Crippen LogP contribution is 2.44. The van der Waals surface area contributed by atoms with E-state index < -0.39 is 18.1 Å². The summed E-state index contributed by atoms with van der Waals surface area (Å²) in [6.07, 6.45) is -5.02. The van der Waals surface area contributed by atoms with Crippen molar-refractivity contribution in [3.8, 4) is 11.5 Å². The fraction of sp³-hybridized carbons (Fsp3) is 0.176. The molecule has 0 fully saturated rings. The van der Waals surface area contributed by atoms with Gasteiger partial charge in [-0.1, -0.05) is 35.6 Å². The van der Waals surface area contributed by atoms with E-state index in [0.29, 0.717) is 5.52 Å². The van der Waals surface area contributed by atoms with E-state index in [1.165, 1.54) is 24.3 Å². The van der Waals surface area contributed by atoms with E-state index in [-0.39, 0.29) is 16.6 Å². The summed E-state index contributed by atoms with van der Waals surface area (Å²) >= 11 is 1.15. The van der Waals surface area contributed by atoms with Crippen LogP contribution in [-0.4, -0.2) is 23.1 Å². The summed E-state index contributed by atoms with van der Waals surface area (Å²) in [6.45, 7) is 1.85. The molecule has 0 saturated heterocycles. The number of hydrogen-bond donors (Lipinski definition) is 2.